The molecule has 9 heteroatoms. The molecule has 0 aromatic heterocycles. The Kier molecular flexibility index (Phi) is 5.48. The van der Waals surface area contributed by atoms with Crippen molar-refractivity contribution in [2.75, 3.05) is 23.3 Å². The van der Waals surface area contributed by atoms with Gasteiger partial charge in [0, 0.05) is 12.2 Å². The number of rotatable bonds is 2. The molecule has 0 spiro atoms. The van der Waals surface area contributed by atoms with Gasteiger partial charge in [0.2, 0.25) is 0 Å². The zero-order valence-corrected chi connectivity index (χ0v) is 15.1. The summed E-state index contributed by atoms with van der Waals surface area (Å²) < 4.78 is 45.7. The van der Waals surface area contributed by atoms with Gasteiger partial charge in [0.05, 0.1) is 11.4 Å². The number of benzene rings is 1. The highest BCUT2D eigenvalue weighted by atomic mass is 19.4. The fourth-order valence-corrected chi connectivity index (χ4v) is 2.88. The summed E-state index contributed by atoms with van der Waals surface area (Å²) in [7, 11) is 0. The third-order valence-electron chi connectivity index (χ3n) is 4.00. The SMILES string of the molecule is CC(C)(C)OC(=O)N1CCCCC1Nc1c(N)ccc(N)c1C(F)(F)F. The fourth-order valence-electron chi connectivity index (χ4n) is 2.88. The minimum atomic E-state index is -4.67. The highest BCUT2D eigenvalue weighted by Gasteiger charge is 2.39. The number of piperidine rings is 1. The first kappa shape index (κ1) is 20.0. The molecule has 146 valence electrons. The van der Waals surface area contributed by atoms with Crippen molar-refractivity contribution < 1.29 is 22.7 Å². The van der Waals surface area contributed by atoms with Crippen molar-refractivity contribution in [3.63, 3.8) is 0 Å². The smallest absolute Gasteiger partial charge is 0.420 e. The molecule has 1 fully saturated rings. The van der Waals surface area contributed by atoms with Crippen LogP contribution in [0.25, 0.3) is 0 Å². The third-order valence-corrected chi connectivity index (χ3v) is 4.00. The number of nitrogens with one attached hydrogen (secondary N) is 1. The first-order valence-electron chi connectivity index (χ1n) is 8.41. The number of likely N-dealkylation sites (tertiary alicyclic amines) is 1. The lowest BCUT2D eigenvalue weighted by atomic mass is 10.0. The van der Waals surface area contributed by atoms with Gasteiger partial charge in [-0.25, -0.2) is 4.79 Å². The standard InChI is InChI=1S/C17H25F3N4O2/c1-16(2,3)26-15(25)24-9-5-4-6-12(24)23-14-11(22)8-7-10(21)13(14)17(18,19)20/h7-8,12,23H,4-6,9,21-22H2,1-3H3. The van der Waals surface area contributed by atoms with Crippen molar-refractivity contribution in [2.45, 2.75) is 58.0 Å². The summed E-state index contributed by atoms with van der Waals surface area (Å²) in [6.45, 7) is 5.58. The Balaban J connectivity index is 2.34. The molecule has 1 saturated heterocycles. The lowest BCUT2D eigenvalue weighted by Crippen LogP contribution is -2.49. The van der Waals surface area contributed by atoms with E-state index < -0.39 is 35.3 Å². The molecule has 1 heterocycles. The van der Waals surface area contributed by atoms with Gasteiger partial charge in [0.15, 0.2) is 0 Å². The van der Waals surface area contributed by atoms with E-state index in [4.69, 9.17) is 16.2 Å². The Morgan fingerprint density at radius 1 is 1.19 bits per heavy atom. The van der Waals surface area contributed by atoms with Crippen LogP contribution in [-0.2, 0) is 10.9 Å². The van der Waals surface area contributed by atoms with Crippen LogP contribution in [0, 0.1) is 0 Å². The van der Waals surface area contributed by atoms with Gasteiger partial charge in [0.1, 0.15) is 17.3 Å². The average molecular weight is 374 g/mol. The van der Waals surface area contributed by atoms with E-state index in [1.807, 2.05) is 0 Å². The van der Waals surface area contributed by atoms with E-state index in [0.29, 0.717) is 13.0 Å². The molecule has 2 rings (SSSR count). The van der Waals surface area contributed by atoms with Crippen molar-refractivity contribution in [1.29, 1.82) is 0 Å². The summed E-state index contributed by atoms with van der Waals surface area (Å²) >= 11 is 0. The van der Waals surface area contributed by atoms with Crippen molar-refractivity contribution in [2.24, 2.45) is 0 Å². The first-order valence-corrected chi connectivity index (χ1v) is 8.41. The van der Waals surface area contributed by atoms with Gasteiger partial charge in [-0.05, 0) is 52.2 Å². The molecular weight excluding hydrogens is 349 g/mol. The molecule has 0 bridgehead atoms. The van der Waals surface area contributed by atoms with Gasteiger partial charge in [-0.15, -0.1) is 0 Å². The maximum atomic E-state index is 13.4. The molecule has 1 aromatic rings. The van der Waals surface area contributed by atoms with Crippen molar-refractivity contribution >= 4 is 23.2 Å². The summed E-state index contributed by atoms with van der Waals surface area (Å²) in [4.78, 5) is 13.8. The van der Waals surface area contributed by atoms with E-state index in [-0.39, 0.29) is 11.4 Å². The van der Waals surface area contributed by atoms with Crippen LogP contribution in [0.4, 0.5) is 35.0 Å². The fraction of sp³-hybridized carbons (Fsp3) is 0.588. The number of anilines is 3. The van der Waals surface area contributed by atoms with Crippen molar-refractivity contribution in [3.8, 4) is 0 Å². The molecular formula is C17H25F3N4O2. The van der Waals surface area contributed by atoms with Crippen molar-refractivity contribution in [1.82, 2.24) is 4.90 Å². The van der Waals surface area contributed by atoms with Crippen LogP contribution in [0.5, 0.6) is 0 Å². The summed E-state index contributed by atoms with van der Waals surface area (Å²) in [5.74, 6) is 0. The summed E-state index contributed by atoms with van der Waals surface area (Å²) in [5, 5.41) is 2.78. The number of hydrogen-bond acceptors (Lipinski definition) is 5. The van der Waals surface area contributed by atoms with Gasteiger partial charge < -0.3 is 21.5 Å². The zero-order valence-electron chi connectivity index (χ0n) is 15.1. The monoisotopic (exact) mass is 374 g/mol. The number of nitrogen functional groups attached to an aromatic ring is 2. The van der Waals surface area contributed by atoms with E-state index in [2.05, 4.69) is 5.32 Å². The molecule has 5 N–H and O–H groups in total. The Labute approximate surface area is 150 Å². The Bertz CT molecular complexity index is 671. The molecule has 1 aliphatic rings. The van der Waals surface area contributed by atoms with E-state index >= 15 is 0 Å². The van der Waals surface area contributed by atoms with Crippen LogP contribution < -0.4 is 16.8 Å². The molecule has 0 aliphatic carbocycles. The second-order valence-electron chi connectivity index (χ2n) is 7.32. The van der Waals surface area contributed by atoms with Gasteiger partial charge in [0.25, 0.3) is 0 Å². The van der Waals surface area contributed by atoms with E-state index in [1.54, 1.807) is 20.8 Å². The number of carbonyl (C=O) groups excluding carboxylic acids is 1. The third kappa shape index (κ3) is 4.64. The molecule has 0 radical (unpaired) electrons. The molecule has 6 nitrogen and oxygen atoms in total. The van der Waals surface area contributed by atoms with Gasteiger partial charge >= 0.3 is 12.3 Å². The zero-order chi connectivity index (χ0) is 19.7. The summed E-state index contributed by atoms with van der Waals surface area (Å²) in [5.41, 5.74) is 8.78. The molecule has 26 heavy (non-hydrogen) atoms. The quantitative estimate of drug-likeness (QED) is 0.680. The topological polar surface area (TPSA) is 93.6 Å². The van der Waals surface area contributed by atoms with E-state index in [1.165, 1.54) is 11.0 Å². The molecule has 1 aromatic carbocycles. The number of ether oxygens (including phenoxy) is 1. The van der Waals surface area contributed by atoms with Gasteiger partial charge in [-0.3, -0.25) is 4.90 Å². The van der Waals surface area contributed by atoms with Crippen LogP contribution in [0.15, 0.2) is 12.1 Å². The number of nitrogens with two attached hydrogens (primary N) is 2. The molecule has 1 atom stereocenters. The number of alkyl halides is 3. The van der Waals surface area contributed by atoms with Crippen LogP contribution in [-0.4, -0.2) is 29.3 Å². The normalized spacial score (nSPS) is 18.5. The molecule has 0 saturated carbocycles. The van der Waals surface area contributed by atoms with Gasteiger partial charge in [-0.2, -0.15) is 13.2 Å². The predicted molar refractivity (Wildman–Crippen MR) is 94.5 cm³/mol. The maximum absolute atomic E-state index is 13.4. The lowest BCUT2D eigenvalue weighted by Gasteiger charge is -2.38. The average Bonchev–Trinajstić information content (AvgIpc) is 2.48. The maximum Gasteiger partial charge on any atom is 0.420 e. The molecule has 1 unspecified atom stereocenters. The van der Waals surface area contributed by atoms with Crippen LogP contribution in [0.2, 0.25) is 0 Å². The highest BCUT2D eigenvalue weighted by molar-refractivity contribution is 5.78. The second-order valence-corrected chi connectivity index (χ2v) is 7.32. The Hall–Kier alpha value is -2.32. The second kappa shape index (κ2) is 7.13. The number of hydrogen-bond donors (Lipinski definition) is 3. The van der Waals surface area contributed by atoms with E-state index in [0.717, 1.165) is 18.9 Å². The highest BCUT2D eigenvalue weighted by Crippen LogP contribution is 2.42. The Morgan fingerprint density at radius 3 is 2.38 bits per heavy atom. The van der Waals surface area contributed by atoms with Crippen LogP contribution in [0.1, 0.15) is 45.6 Å². The number of halogens is 3. The lowest BCUT2D eigenvalue weighted by molar-refractivity contribution is -0.136. The minimum absolute atomic E-state index is 0.0822. The van der Waals surface area contributed by atoms with Crippen molar-refractivity contribution in [3.05, 3.63) is 17.7 Å². The van der Waals surface area contributed by atoms with E-state index in [9.17, 15) is 18.0 Å². The minimum Gasteiger partial charge on any atom is -0.444 e. The van der Waals surface area contributed by atoms with Crippen LogP contribution in [0.3, 0.4) is 0 Å². The molecule has 1 aliphatic heterocycles. The summed E-state index contributed by atoms with van der Waals surface area (Å²) in [6, 6.07) is 2.43. The first-order chi connectivity index (χ1) is 11.9. The van der Waals surface area contributed by atoms with Crippen LogP contribution >= 0.6 is 0 Å². The Morgan fingerprint density at radius 2 is 1.81 bits per heavy atom. The predicted octanol–water partition coefficient (Wildman–Crippen LogP) is 4.03. The largest absolute Gasteiger partial charge is 0.444 e. The van der Waals surface area contributed by atoms with Gasteiger partial charge in [-0.1, -0.05) is 0 Å². The number of nitrogens with zero attached hydrogens (tertiary/aromatic N) is 1. The number of carbonyl (C=O) groups is 1. The summed E-state index contributed by atoms with van der Waals surface area (Å²) in [6.07, 6.45) is -3.93. The molecule has 1 amide bonds. The number of amides is 1.